The van der Waals surface area contributed by atoms with E-state index in [0.29, 0.717) is 18.1 Å². The smallest absolute Gasteiger partial charge is 0.341 e. The maximum Gasteiger partial charge on any atom is 0.341 e. The van der Waals surface area contributed by atoms with Gasteiger partial charge >= 0.3 is 5.97 Å². The van der Waals surface area contributed by atoms with Gasteiger partial charge in [0.1, 0.15) is 5.03 Å². The van der Waals surface area contributed by atoms with Crippen LogP contribution < -0.4 is 9.80 Å². The van der Waals surface area contributed by atoms with E-state index in [2.05, 4.69) is 4.98 Å². The lowest BCUT2D eigenvalue weighted by molar-refractivity contribution is -0.121. The lowest BCUT2D eigenvalue weighted by Crippen LogP contribution is -2.34. The molecule has 0 aliphatic carbocycles. The third-order valence-corrected chi connectivity index (χ3v) is 6.01. The topological polar surface area (TPSA) is 79.8 Å². The molecule has 8 heteroatoms. The van der Waals surface area contributed by atoms with Gasteiger partial charge in [-0.05, 0) is 50.2 Å². The van der Waals surface area contributed by atoms with E-state index in [1.54, 1.807) is 28.1 Å². The standard InChI is InChI=1S/C26H27N3O4S/c1-3-28(20-12-7-5-8-13-20)23(30)18-33-26(32)22-16-11-17-27-25(22)34-19-24(31)29(4-2)21-14-9-6-10-15-21/h5-17H,3-4,18-19H2,1-2H3. The minimum Gasteiger partial charge on any atom is -0.452 e. The number of pyridine rings is 1. The Bertz CT molecular complexity index is 1110. The van der Waals surface area contributed by atoms with Gasteiger partial charge in [-0.15, -0.1) is 0 Å². The van der Waals surface area contributed by atoms with Gasteiger partial charge in [-0.1, -0.05) is 48.2 Å². The van der Waals surface area contributed by atoms with Gasteiger partial charge in [-0.3, -0.25) is 9.59 Å². The summed E-state index contributed by atoms with van der Waals surface area (Å²) in [5.41, 5.74) is 1.77. The summed E-state index contributed by atoms with van der Waals surface area (Å²) in [5.74, 6) is -0.968. The van der Waals surface area contributed by atoms with Crippen LogP contribution in [-0.4, -0.2) is 48.2 Å². The molecule has 1 aromatic heterocycles. The van der Waals surface area contributed by atoms with Crippen LogP contribution in [0, 0.1) is 0 Å². The fourth-order valence-electron chi connectivity index (χ4n) is 3.37. The molecule has 0 N–H and O–H groups in total. The largest absolute Gasteiger partial charge is 0.452 e. The van der Waals surface area contributed by atoms with Crippen molar-refractivity contribution in [3.8, 4) is 0 Å². The SMILES string of the molecule is CCN(C(=O)COC(=O)c1cccnc1SCC(=O)N(CC)c1ccccc1)c1ccccc1. The van der Waals surface area contributed by atoms with Crippen LogP contribution in [0.3, 0.4) is 0 Å². The van der Waals surface area contributed by atoms with E-state index >= 15 is 0 Å². The van der Waals surface area contributed by atoms with Gasteiger partial charge in [0.25, 0.3) is 5.91 Å². The van der Waals surface area contributed by atoms with Gasteiger partial charge in [0.15, 0.2) is 6.61 Å². The van der Waals surface area contributed by atoms with E-state index in [9.17, 15) is 14.4 Å². The van der Waals surface area contributed by atoms with Crippen LogP contribution in [0.4, 0.5) is 11.4 Å². The zero-order valence-corrected chi connectivity index (χ0v) is 20.0. The van der Waals surface area contributed by atoms with Crippen molar-refractivity contribution in [3.05, 3.63) is 84.6 Å². The molecule has 2 aromatic carbocycles. The highest BCUT2D eigenvalue weighted by molar-refractivity contribution is 8.00. The summed E-state index contributed by atoms with van der Waals surface area (Å²) in [6, 6.07) is 21.8. The minimum atomic E-state index is -0.657. The molecule has 1 heterocycles. The van der Waals surface area contributed by atoms with E-state index in [1.165, 1.54) is 11.8 Å². The van der Waals surface area contributed by atoms with E-state index in [0.717, 1.165) is 11.4 Å². The van der Waals surface area contributed by atoms with Crippen molar-refractivity contribution in [3.63, 3.8) is 0 Å². The van der Waals surface area contributed by atoms with Crippen molar-refractivity contribution in [1.29, 1.82) is 0 Å². The first kappa shape index (κ1) is 25.0. The zero-order chi connectivity index (χ0) is 24.3. The van der Waals surface area contributed by atoms with Gasteiger partial charge in [-0.2, -0.15) is 0 Å². The Hall–Kier alpha value is -3.65. The van der Waals surface area contributed by atoms with Gasteiger partial charge in [-0.25, -0.2) is 9.78 Å². The van der Waals surface area contributed by atoms with Crippen LogP contribution in [0.5, 0.6) is 0 Å². The van der Waals surface area contributed by atoms with E-state index in [4.69, 9.17) is 4.74 Å². The number of hydrogen-bond acceptors (Lipinski definition) is 6. The summed E-state index contributed by atoms with van der Waals surface area (Å²) < 4.78 is 5.30. The zero-order valence-electron chi connectivity index (χ0n) is 19.2. The second-order valence-corrected chi connectivity index (χ2v) is 8.13. The lowest BCUT2D eigenvalue weighted by atomic mass is 10.3. The average molecular weight is 478 g/mol. The van der Waals surface area contributed by atoms with Gasteiger partial charge < -0.3 is 14.5 Å². The Morgan fingerprint density at radius 1 is 0.794 bits per heavy atom. The molecular formula is C26H27N3O4S. The number of likely N-dealkylation sites (N-methyl/N-ethyl adjacent to an activating group) is 1. The van der Waals surface area contributed by atoms with Crippen LogP contribution in [0.1, 0.15) is 24.2 Å². The van der Waals surface area contributed by atoms with Crippen molar-refractivity contribution in [2.45, 2.75) is 18.9 Å². The molecule has 0 aliphatic rings. The van der Waals surface area contributed by atoms with Crippen LogP contribution in [0.2, 0.25) is 0 Å². The lowest BCUT2D eigenvalue weighted by Gasteiger charge is -2.21. The third-order valence-electron chi connectivity index (χ3n) is 5.02. The molecule has 0 atom stereocenters. The molecule has 0 fully saturated rings. The van der Waals surface area contributed by atoms with E-state index in [-0.39, 0.29) is 23.1 Å². The Labute approximate surface area is 203 Å². The predicted octanol–water partition coefficient (Wildman–Crippen LogP) is 4.44. The molecule has 3 rings (SSSR count). The van der Waals surface area contributed by atoms with Crippen LogP contribution in [0.15, 0.2) is 84.0 Å². The molecule has 7 nitrogen and oxygen atoms in total. The van der Waals surface area contributed by atoms with Crippen molar-refractivity contribution >= 4 is 40.9 Å². The van der Waals surface area contributed by atoms with Crippen molar-refractivity contribution in [1.82, 2.24) is 4.98 Å². The maximum absolute atomic E-state index is 12.8. The normalized spacial score (nSPS) is 10.4. The molecule has 34 heavy (non-hydrogen) atoms. The van der Waals surface area contributed by atoms with Crippen molar-refractivity contribution < 1.29 is 19.1 Å². The molecule has 0 spiro atoms. The van der Waals surface area contributed by atoms with Crippen LogP contribution in [-0.2, 0) is 14.3 Å². The number of esters is 1. The predicted molar refractivity (Wildman–Crippen MR) is 134 cm³/mol. The number of aromatic nitrogens is 1. The molecule has 2 amide bonds. The number of benzene rings is 2. The summed E-state index contributed by atoms with van der Waals surface area (Å²) in [5, 5.41) is 0.382. The molecule has 0 radical (unpaired) electrons. The molecule has 3 aromatic rings. The molecular weight excluding hydrogens is 450 g/mol. The second-order valence-electron chi connectivity index (χ2n) is 7.17. The minimum absolute atomic E-state index is 0.0969. The summed E-state index contributed by atoms with van der Waals surface area (Å²) >= 11 is 1.17. The first-order valence-corrected chi connectivity index (χ1v) is 12.0. The number of carbonyl (C=O) groups excluding carboxylic acids is 3. The molecule has 176 valence electrons. The fourth-order valence-corrected chi connectivity index (χ4v) is 4.23. The quantitative estimate of drug-likeness (QED) is 0.317. The molecule has 0 saturated heterocycles. The number of amides is 2. The number of ether oxygens (including phenoxy) is 1. The summed E-state index contributed by atoms with van der Waals surface area (Å²) in [6.45, 7) is 4.35. The number of carbonyl (C=O) groups is 3. The summed E-state index contributed by atoms with van der Waals surface area (Å²) in [6.07, 6.45) is 1.55. The highest BCUT2D eigenvalue weighted by atomic mass is 32.2. The highest BCUT2D eigenvalue weighted by Crippen LogP contribution is 2.23. The first-order valence-electron chi connectivity index (χ1n) is 11.0. The first-order chi connectivity index (χ1) is 16.5. The van der Waals surface area contributed by atoms with Gasteiger partial charge in [0.2, 0.25) is 5.91 Å². The Kier molecular flexibility index (Phi) is 9.22. The highest BCUT2D eigenvalue weighted by Gasteiger charge is 2.21. The monoisotopic (exact) mass is 477 g/mol. The van der Waals surface area contributed by atoms with Crippen LogP contribution >= 0.6 is 11.8 Å². The van der Waals surface area contributed by atoms with Gasteiger partial charge in [0, 0.05) is 30.7 Å². The number of para-hydroxylation sites is 2. The van der Waals surface area contributed by atoms with Crippen molar-refractivity contribution in [2.75, 3.05) is 35.2 Å². The number of anilines is 2. The van der Waals surface area contributed by atoms with E-state index < -0.39 is 12.6 Å². The van der Waals surface area contributed by atoms with Gasteiger partial charge in [0.05, 0.1) is 11.3 Å². The number of rotatable bonds is 10. The van der Waals surface area contributed by atoms with E-state index in [1.807, 2.05) is 74.5 Å². The molecule has 0 unspecified atom stereocenters. The molecule has 0 aliphatic heterocycles. The second kappa shape index (κ2) is 12.6. The Morgan fingerprint density at radius 2 is 1.35 bits per heavy atom. The van der Waals surface area contributed by atoms with Crippen molar-refractivity contribution in [2.24, 2.45) is 0 Å². The Morgan fingerprint density at radius 3 is 1.91 bits per heavy atom. The molecule has 0 bridgehead atoms. The maximum atomic E-state index is 12.8. The Balaban J connectivity index is 1.62. The van der Waals surface area contributed by atoms with Crippen LogP contribution in [0.25, 0.3) is 0 Å². The fraction of sp³-hybridized carbons (Fsp3) is 0.231. The number of thioether (sulfide) groups is 1. The third kappa shape index (κ3) is 6.45. The summed E-state index contributed by atoms with van der Waals surface area (Å²) in [7, 11) is 0. The number of hydrogen-bond donors (Lipinski definition) is 0. The number of nitrogens with zero attached hydrogens (tertiary/aromatic N) is 3. The summed E-state index contributed by atoms with van der Waals surface area (Å²) in [4.78, 5) is 45.6. The molecule has 0 saturated carbocycles. The average Bonchev–Trinajstić information content (AvgIpc) is 2.88.